The summed E-state index contributed by atoms with van der Waals surface area (Å²) in [5.41, 5.74) is 0.518. The Labute approximate surface area is 102 Å². The topological polar surface area (TPSA) is 12.0 Å². The normalized spacial score (nSPS) is 13.8. The Bertz CT molecular complexity index is 358. The molecule has 1 N–H and O–H groups in total. The van der Waals surface area contributed by atoms with E-state index in [-0.39, 0.29) is 11.6 Å². The van der Waals surface area contributed by atoms with Crippen molar-refractivity contribution in [2.75, 3.05) is 0 Å². The van der Waals surface area contributed by atoms with Gasteiger partial charge in [-0.25, -0.2) is 4.39 Å². The second kappa shape index (κ2) is 5.69. The first-order valence-electron chi connectivity index (χ1n) is 5.01. The van der Waals surface area contributed by atoms with Gasteiger partial charge in [0.1, 0.15) is 5.82 Å². The van der Waals surface area contributed by atoms with E-state index < -0.39 is 24.5 Å². The van der Waals surface area contributed by atoms with Gasteiger partial charge < -0.3 is 5.32 Å². The molecule has 0 spiro atoms. The molecule has 0 aliphatic rings. The molecule has 1 unspecified atom stereocenters. The van der Waals surface area contributed by atoms with Gasteiger partial charge in [-0.05, 0) is 30.7 Å². The first kappa shape index (κ1) is 14.3. The maximum absolute atomic E-state index is 12.9. The Balaban J connectivity index is 2.50. The van der Waals surface area contributed by atoms with E-state index in [4.69, 9.17) is 11.6 Å². The Morgan fingerprint density at radius 3 is 2.47 bits per heavy atom. The first-order valence-corrected chi connectivity index (χ1v) is 5.39. The fourth-order valence-corrected chi connectivity index (χ4v) is 1.67. The number of benzene rings is 1. The fourth-order valence-electron chi connectivity index (χ4n) is 1.42. The molecule has 1 aromatic carbocycles. The summed E-state index contributed by atoms with van der Waals surface area (Å²) in [6.07, 6.45) is -5.12. The van der Waals surface area contributed by atoms with Crippen LogP contribution in [0.25, 0.3) is 0 Å². The van der Waals surface area contributed by atoms with E-state index in [1.807, 2.05) is 0 Å². The number of nitrogens with one attached hydrogen (secondary N) is 1. The zero-order valence-corrected chi connectivity index (χ0v) is 9.87. The second-order valence-electron chi connectivity index (χ2n) is 3.88. The van der Waals surface area contributed by atoms with E-state index in [1.54, 1.807) is 0 Å². The van der Waals surface area contributed by atoms with Crippen molar-refractivity contribution in [2.45, 2.75) is 32.1 Å². The van der Waals surface area contributed by atoms with Gasteiger partial charge in [0.05, 0.1) is 6.42 Å². The molecule has 1 atom stereocenters. The maximum Gasteiger partial charge on any atom is 0.390 e. The van der Waals surface area contributed by atoms with Gasteiger partial charge in [0, 0.05) is 17.6 Å². The Morgan fingerprint density at radius 2 is 1.94 bits per heavy atom. The van der Waals surface area contributed by atoms with Gasteiger partial charge in [0.2, 0.25) is 0 Å². The van der Waals surface area contributed by atoms with Crippen LogP contribution in [0, 0.1) is 5.82 Å². The standard InChI is InChI=1S/C11H12ClF4N/c1-7(5-11(14,15)16)17-6-8-2-9(12)4-10(13)3-8/h2-4,7,17H,5-6H2,1H3. The van der Waals surface area contributed by atoms with Crippen molar-refractivity contribution in [3.8, 4) is 0 Å². The Morgan fingerprint density at radius 1 is 1.29 bits per heavy atom. The number of halogens is 5. The second-order valence-corrected chi connectivity index (χ2v) is 4.32. The van der Waals surface area contributed by atoms with E-state index in [2.05, 4.69) is 5.32 Å². The van der Waals surface area contributed by atoms with E-state index >= 15 is 0 Å². The molecule has 6 heteroatoms. The quantitative estimate of drug-likeness (QED) is 0.817. The third kappa shape index (κ3) is 5.89. The van der Waals surface area contributed by atoms with Crippen LogP contribution in [-0.4, -0.2) is 12.2 Å². The van der Waals surface area contributed by atoms with Crippen molar-refractivity contribution >= 4 is 11.6 Å². The van der Waals surface area contributed by atoms with Crippen LogP contribution in [0.15, 0.2) is 18.2 Å². The highest BCUT2D eigenvalue weighted by atomic mass is 35.5. The molecule has 0 heterocycles. The highest BCUT2D eigenvalue weighted by Gasteiger charge is 2.29. The molecule has 0 fully saturated rings. The van der Waals surface area contributed by atoms with Crippen molar-refractivity contribution in [1.82, 2.24) is 5.32 Å². The highest BCUT2D eigenvalue weighted by Crippen LogP contribution is 2.21. The van der Waals surface area contributed by atoms with Gasteiger partial charge >= 0.3 is 6.18 Å². The van der Waals surface area contributed by atoms with Gasteiger partial charge in [0.15, 0.2) is 0 Å². The van der Waals surface area contributed by atoms with Crippen molar-refractivity contribution in [3.63, 3.8) is 0 Å². The minimum absolute atomic E-state index is 0.148. The zero-order valence-electron chi connectivity index (χ0n) is 9.11. The van der Waals surface area contributed by atoms with Crippen molar-refractivity contribution in [3.05, 3.63) is 34.6 Å². The molecule has 0 saturated heterocycles. The number of alkyl halides is 3. The van der Waals surface area contributed by atoms with Gasteiger partial charge in [-0.2, -0.15) is 13.2 Å². The molecule has 1 aromatic rings. The lowest BCUT2D eigenvalue weighted by molar-refractivity contribution is -0.139. The van der Waals surface area contributed by atoms with Gasteiger partial charge in [-0.15, -0.1) is 0 Å². The molecule has 0 bridgehead atoms. The molecular weight excluding hydrogens is 258 g/mol. The number of hydrogen-bond acceptors (Lipinski definition) is 1. The lowest BCUT2D eigenvalue weighted by Crippen LogP contribution is -2.30. The summed E-state index contributed by atoms with van der Waals surface area (Å²) in [6.45, 7) is 1.57. The van der Waals surface area contributed by atoms with Crippen LogP contribution in [-0.2, 0) is 6.54 Å². The molecule has 0 saturated carbocycles. The smallest absolute Gasteiger partial charge is 0.310 e. The SMILES string of the molecule is CC(CC(F)(F)F)NCc1cc(F)cc(Cl)c1. The van der Waals surface area contributed by atoms with Gasteiger partial charge in [0.25, 0.3) is 0 Å². The predicted molar refractivity (Wildman–Crippen MR) is 58.4 cm³/mol. The van der Waals surface area contributed by atoms with Gasteiger partial charge in [-0.1, -0.05) is 11.6 Å². The van der Waals surface area contributed by atoms with E-state index in [0.29, 0.717) is 5.56 Å². The van der Waals surface area contributed by atoms with Crippen LogP contribution in [0.4, 0.5) is 17.6 Å². The van der Waals surface area contributed by atoms with E-state index in [9.17, 15) is 17.6 Å². The monoisotopic (exact) mass is 269 g/mol. The van der Waals surface area contributed by atoms with Crippen molar-refractivity contribution < 1.29 is 17.6 Å². The molecule has 0 amide bonds. The molecule has 1 nitrogen and oxygen atoms in total. The molecule has 0 aliphatic heterocycles. The summed E-state index contributed by atoms with van der Waals surface area (Å²) < 4.78 is 49.0. The predicted octanol–water partition coefficient (Wildman–Crippen LogP) is 3.91. The summed E-state index contributed by atoms with van der Waals surface area (Å²) in [5, 5.41) is 2.89. The molecule has 17 heavy (non-hydrogen) atoms. The molecule has 0 aromatic heterocycles. The van der Waals surface area contributed by atoms with Crippen molar-refractivity contribution in [2.24, 2.45) is 0 Å². The largest absolute Gasteiger partial charge is 0.390 e. The first-order chi connectivity index (χ1) is 7.76. The lowest BCUT2D eigenvalue weighted by Gasteiger charge is -2.15. The highest BCUT2D eigenvalue weighted by molar-refractivity contribution is 6.30. The summed E-state index contributed by atoms with van der Waals surface area (Å²) in [6, 6.07) is 3.17. The molecular formula is C11H12ClF4N. The van der Waals surface area contributed by atoms with Crippen LogP contribution in [0.3, 0.4) is 0 Å². The summed E-state index contributed by atoms with van der Waals surface area (Å²) in [7, 11) is 0. The average molecular weight is 270 g/mol. The summed E-state index contributed by atoms with van der Waals surface area (Å²) >= 11 is 5.62. The van der Waals surface area contributed by atoms with Crippen LogP contribution in [0.1, 0.15) is 18.9 Å². The van der Waals surface area contributed by atoms with Crippen LogP contribution < -0.4 is 5.32 Å². The Kier molecular flexibility index (Phi) is 4.77. The molecule has 0 aliphatic carbocycles. The summed E-state index contributed by atoms with van der Waals surface area (Å²) in [4.78, 5) is 0. The third-order valence-corrected chi connectivity index (χ3v) is 2.33. The average Bonchev–Trinajstić information content (AvgIpc) is 2.10. The zero-order chi connectivity index (χ0) is 13.1. The van der Waals surface area contributed by atoms with E-state index in [1.165, 1.54) is 19.1 Å². The maximum atomic E-state index is 12.9. The van der Waals surface area contributed by atoms with E-state index in [0.717, 1.165) is 6.07 Å². The fraction of sp³-hybridized carbons (Fsp3) is 0.455. The number of hydrogen-bond donors (Lipinski definition) is 1. The summed E-state index contributed by atoms with van der Waals surface area (Å²) in [5.74, 6) is -0.502. The van der Waals surface area contributed by atoms with Crippen LogP contribution >= 0.6 is 11.6 Å². The lowest BCUT2D eigenvalue weighted by atomic mass is 10.2. The number of rotatable bonds is 4. The Hall–Kier alpha value is -0.810. The molecule has 96 valence electrons. The van der Waals surface area contributed by atoms with Crippen molar-refractivity contribution in [1.29, 1.82) is 0 Å². The third-order valence-electron chi connectivity index (χ3n) is 2.11. The van der Waals surface area contributed by atoms with Gasteiger partial charge in [-0.3, -0.25) is 0 Å². The minimum Gasteiger partial charge on any atom is -0.310 e. The minimum atomic E-state index is -4.20. The van der Waals surface area contributed by atoms with Crippen LogP contribution in [0.5, 0.6) is 0 Å². The molecule has 0 radical (unpaired) electrons. The van der Waals surface area contributed by atoms with Crippen LogP contribution in [0.2, 0.25) is 5.02 Å². The molecule has 1 rings (SSSR count).